The van der Waals surface area contributed by atoms with Gasteiger partial charge in [-0.25, -0.2) is 0 Å². The van der Waals surface area contributed by atoms with Crippen molar-refractivity contribution in [2.45, 2.75) is 30.6 Å². The Kier molecular flexibility index (Phi) is 4.54. The van der Waals surface area contributed by atoms with E-state index in [1.165, 1.54) is 0 Å². The molecule has 0 N–H and O–H groups in total. The third kappa shape index (κ3) is 1.85. The van der Waals surface area contributed by atoms with E-state index in [2.05, 4.69) is 4.74 Å². The molecule has 0 unspecified atom stereocenters. The molecular formula is C6HCl7F4O. The molecule has 18 heavy (non-hydrogen) atoms. The van der Waals surface area contributed by atoms with Crippen LogP contribution >= 0.6 is 81.2 Å². The molecule has 12 heteroatoms. The molecule has 0 saturated heterocycles. The molecule has 0 atom stereocenters. The van der Waals surface area contributed by atoms with Crippen molar-refractivity contribution in [2.75, 3.05) is 0 Å². The Morgan fingerprint density at radius 1 is 0.722 bits per heavy atom. The molecule has 1 aliphatic carbocycles. The fourth-order valence-electron chi connectivity index (χ4n) is 1.27. The first kappa shape index (κ1) is 17.8. The van der Waals surface area contributed by atoms with E-state index in [4.69, 9.17) is 81.2 Å². The quantitative estimate of drug-likeness (QED) is 0.439. The summed E-state index contributed by atoms with van der Waals surface area (Å²) >= 11 is 36.4. The predicted octanol–water partition coefficient (Wildman–Crippen LogP) is 5.33. The van der Waals surface area contributed by atoms with Gasteiger partial charge in [-0.05, 0) is 0 Å². The summed E-state index contributed by atoms with van der Waals surface area (Å²) in [7, 11) is 0. The molecule has 0 amide bonds. The van der Waals surface area contributed by atoms with E-state index in [1.54, 1.807) is 0 Å². The van der Waals surface area contributed by atoms with Crippen molar-refractivity contribution in [1.82, 2.24) is 0 Å². The first-order chi connectivity index (χ1) is 7.67. The minimum atomic E-state index is -5.10. The van der Waals surface area contributed by atoms with Crippen molar-refractivity contribution >= 4 is 81.2 Å². The molecule has 1 fully saturated rings. The van der Waals surface area contributed by atoms with Crippen molar-refractivity contribution in [3.05, 3.63) is 0 Å². The van der Waals surface area contributed by atoms with Crippen LogP contribution in [0.25, 0.3) is 0 Å². The van der Waals surface area contributed by atoms with Crippen LogP contribution < -0.4 is 0 Å². The van der Waals surface area contributed by atoms with Gasteiger partial charge in [0.25, 0.3) is 0 Å². The molecule has 108 valence electrons. The lowest BCUT2D eigenvalue weighted by atomic mass is 10.2. The molecule has 0 aromatic heterocycles. The van der Waals surface area contributed by atoms with Gasteiger partial charge in [-0.3, -0.25) is 0 Å². The lowest BCUT2D eigenvalue weighted by Gasteiger charge is -2.37. The first-order valence-electron chi connectivity index (χ1n) is 3.83. The summed E-state index contributed by atoms with van der Waals surface area (Å²) in [5.74, 6) is -10.2. The summed E-state index contributed by atoms with van der Waals surface area (Å²) in [5.41, 5.74) is 0. The normalized spacial score (nSPS) is 30.7. The zero-order valence-electron chi connectivity index (χ0n) is 7.64. The van der Waals surface area contributed by atoms with E-state index >= 15 is 0 Å². The molecule has 0 aromatic carbocycles. The Morgan fingerprint density at radius 3 is 1.22 bits per heavy atom. The summed E-state index contributed by atoms with van der Waals surface area (Å²) < 4.78 is 51.0. The van der Waals surface area contributed by atoms with Crippen LogP contribution in [-0.4, -0.2) is 30.6 Å². The lowest BCUT2D eigenvalue weighted by Crippen LogP contribution is -2.54. The van der Waals surface area contributed by atoms with E-state index in [9.17, 15) is 17.6 Å². The van der Waals surface area contributed by atoms with Crippen molar-refractivity contribution < 1.29 is 22.3 Å². The van der Waals surface area contributed by atoms with Gasteiger partial charge in [0, 0.05) is 0 Å². The standard InChI is InChI=1S/C6HCl7F4O/c7-1(8)18-4(13)2(9,10)5(14,15)6(16,17)3(4,11)12/h1H. The third-order valence-electron chi connectivity index (χ3n) is 2.24. The summed E-state index contributed by atoms with van der Waals surface area (Å²) in [6.45, 7) is 0. The minimum Gasteiger partial charge on any atom is -0.320 e. The fraction of sp³-hybridized carbons (Fsp3) is 1.00. The maximum Gasteiger partial charge on any atom is 0.349 e. The van der Waals surface area contributed by atoms with Crippen LogP contribution in [0.1, 0.15) is 0 Å². The van der Waals surface area contributed by atoms with Crippen LogP contribution in [-0.2, 0) is 4.74 Å². The highest BCUT2D eigenvalue weighted by Gasteiger charge is 2.94. The molecule has 0 heterocycles. The van der Waals surface area contributed by atoms with Crippen LogP contribution in [0, 0.1) is 0 Å². The van der Waals surface area contributed by atoms with Gasteiger partial charge >= 0.3 is 11.8 Å². The summed E-state index contributed by atoms with van der Waals surface area (Å²) in [4.78, 5) is 0. The Balaban J connectivity index is 3.52. The second-order valence-electron chi connectivity index (χ2n) is 3.27. The second-order valence-corrected chi connectivity index (χ2v) is 7.47. The SMILES string of the molecule is FC1(F)C(F)(F)C(Cl)(Cl)C(Cl)(OC(Cl)Cl)C1(Cl)Cl. The van der Waals surface area contributed by atoms with Gasteiger partial charge in [-0.15, -0.1) is 0 Å². The molecule has 0 aromatic rings. The highest BCUT2D eigenvalue weighted by molar-refractivity contribution is 6.62. The van der Waals surface area contributed by atoms with Crippen LogP contribution in [0.4, 0.5) is 17.6 Å². The molecule has 1 aliphatic rings. The second kappa shape index (κ2) is 4.60. The summed E-state index contributed by atoms with van der Waals surface area (Å²) in [5, 5.41) is -5.28. The lowest BCUT2D eigenvalue weighted by molar-refractivity contribution is -0.191. The number of hydrogen-bond donors (Lipinski definition) is 0. The zero-order chi connectivity index (χ0) is 14.8. The fourth-order valence-corrected chi connectivity index (χ4v) is 3.36. The van der Waals surface area contributed by atoms with Crippen LogP contribution in [0.3, 0.4) is 0 Å². The van der Waals surface area contributed by atoms with E-state index < -0.39 is 30.6 Å². The number of halogens is 11. The highest BCUT2D eigenvalue weighted by Crippen LogP contribution is 2.73. The van der Waals surface area contributed by atoms with Gasteiger partial charge in [-0.2, -0.15) is 17.6 Å². The average molecular weight is 413 g/mol. The van der Waals surface area contributed by atoms with Crippen molar-refractivity contribution in [3.63, 3.8) is 0 Å². The van der Waals surface area contributed by atoms with Gasteiger partial charge < -0.3 is 4.74 Å². The summed E-state index contributed by atoms with van der Waals surface area (Å²) in [6.07, 6.45) is 0. The Morgan fingerprint density at radius 2 is 1.00 bits per heavy atom. The molecule has 1 rings (SSSR count). The summed E-state index contributed by atoms with van der Waals surface area (Å²) in [6, 6.07) is 0. The molecule has 1 nitrogen and oxygen atoms in total. The molecule has 0 aliphatic heterocycles. The van der Waals surface area contributed by atoms with Gasteiger partial charge in [0.2, 0.25) is 18.7 Å². The smallest absolute Gasteiger partial charge is 0.320 e. The Bertz CT molecular complexity index is 332. The average Bonchev–Trinajstić information content (AvgIpc) is 2.17. The molecule has 0 radical (unpaired) electrons. The topological polar surface area (TPSA) is 9.23 Å². The number of ether oxygens (including phenoxy) is 1. The van der Waals surface area contributed by atoms with E-state index in [-0.39, 0.29) is 0 Å². The van der Waals surface area contributed by atoms with Crippen LogP contribution in [0.5, 0.6) is 0 Å². The monoisotopic (exact) mass is 410 g/mol. The maximum absolute atomic E-state index is 13.5. The van der Waals surface area contributed by atoms with E-state index in [0.717, 1.165) is 0 Å². The molecule has 1 saturated carbocycles. The largest absolute Gasteiger partial charge is 0.349 e. The van der Waals surface area contributed by atoms with Gasteiger partial charge in [0.1, 0.15) is 0 Å². The number of alkyl halides is 11. The maximum atomic E-state index is 13.5. The Labute approximate surface area is 133 Å². The molecule has 0 spiro atoms. The molecular weight excluding hydrogens is 412 g/mol. The van der Waals surface area contributed by atoms with Gasteiger partial charge in [0.15, 0.2) is 0 Å². The number of hydrogen-bond acceptors (Lipinski definition) is 1. The molecule has 0 bridgehead atoms. The van der Waals surface area contributed by atoms with Gasteiger partial charge in [0.05, 0.1) is 0 Å². The van der Waals surface area contributed by atoms with Crippen molar-refractivity contribution in [2.24, 2.45) is 0 Å². The minimum absolute atomic E-state index is 1.93. The zero-order valence-corrected chi connectivity index (χ0v) is 12.9. The van der Waals surface area contributed by atoms with Crippen LogP contribution in [0.2, 0.25) is 0 Å². The highest BCUT2D eigenvalue weighted by atomic mass is 35.5. The van der Waals surface area contributed by atoms with Crippen molar-refractivity contribution in [3.8, 4) is 0 Å². The third-order valence-corrected chi connectivity index (χ3v) is 5.48. The first-order valence-corrected chi connectivity index (χ1v) is 6.59. The Hall–Kier alpha value is 1.71. The van der Waals surface area contributed by atoms with E-state index in [0.29, 0.717) is 0 Å². The predicted molar refractivity (Wildman–Crippen MR) is 63.9 cm³/mol. The number of rotatable bonds is 2. The van der Waals surface area contributed by atoms with Crippen LogP contribution in [0.15, 0.2) is 0 Å². The van der Waals surface area contributed by atoms with E-state index in [1.807, 2.05) is 0 Å². The van der Waals surface area contributed by atoms with Gasteiger partial charge in [-0.1, -0.05) is 81.2 Å². The van der Waals surface area contributed by atoms with Crippen molar-refractivity contribution in [1.29, 1.82) is 0 Å².